The molecule has 6 nitrogen and oxygen atoms in total. The summed E-state index contributed by atoms with van der Waals surface area (Å²) in [5, 5.41) is 5.82. The quantitative estimate of drug-likeness (QED) is 0.765. The maximum atomic E-state index is 12.1. The number of aromatic nitrogens is 3. The fourth-order valence-corrected chi connectivity index (χ4v) is 3.18. The number of fused-ring (bicyclic) bond motifs is 1. The second-order valence-electron chi connectivity index (χ2n) is 6.28. The molecule has 1 aliphatic rings. The number of nitrogens with one attached hydrogen (secondary N) is 2. The number of pyridine rings is 3. The molecule has 2 amide bonds. The van der Waals surface area contributed by atoms with Crippen molar-refractivity contribution in [1.82, 2.24) is 20.3 Å². The summed E-state index contributed by atoms with van der Waals surface area (Å²) in [6.07, 6.45) is 9.81. The highest BCUT2D eigenvalue weighted by atomic mass is 16.2. The first-order valence-electron chi connectivity index (χ1n) is 8.53. The van der Waals surface area contributed by atoms with E-state index in [9.17, 15) is 4.79 Å². The van der Waals surface area contributed by atoms with Crippen LogP contribution in [0, 0.1) is 0 Å². The number of nitrogens with zero attached hydrogens (tertiary/aromatic N) is 3. The molecule has 3 aromatic rings. The predicted octanol–water partition coefficient (Wildman–Crippen LogP) is 3.76. The summed E-state index contributed by atoms with van der Waals surface area (Å²) in [6, 6.07) is 9.54. The Morgan fingerprint density at radius 2 is 1.92 bits per heavy atom. The van der Waals surface area contributed by atoms with Gasteiger partial charge < -0.3 is 5.32 Å². The molecule has 0 aliphatic heterocycles. The molecule has 25 heavy (non-hydrogen) atoms. The number of hydrogen-bond acceptors (Lipinski definition) is 4. The first-order valence-corrected chi connectivity index (χ1v) is 8.53. The minimum atomic E-state index is -0.199. The summed E-state index contributed by atoms with van der Waals surface area (Å²) in [4.78, 5) is 25.2. The minimum Gasteiger partial charge on any atom is -0.335 e. The summed E-state index contributed by atoms with van der Waals surface area (Å²) >= 11 is 0. The monoisotopic (exact) mass is 333 g/mol. The fraction of sp³-hybridized carbons (Fsp3) is 0.263. The molecule has 3 aromatic heterocycles. The molecule has 1 fully saturated rings. The van der Waals surface area contributed by atoms with Crippen molar-refractivity contribution in [3.63, 3.8) is 0 Å². The van der Waals surface area contributed by atoms with E-state index < -0.39 is 0 Å². The van der Waals surface area contributed by atoms with Gasteiger partial charge in [0.25, 0.3) is 0 Å². The Hall–Kier alpha value is -3.02. The normalized spacial score (nSPS) is 14.6. The van der Waals surface area contributed by atoms with Crippen LogP contribution < -0.4 is 10.6 Å². The Bertz CT molecular complexity index is 891. The van der Waals surface area contributed by atoms with Crippen molar-refractivity contribution >= 4 is 22.9 Å². The molecular weight excluding hydrogens is 314 g/mol. The average Bonchev–Trinajstić information content (AvgIpc) is 3.14. The first kappa shape index (κ1) is 15.5. The molecule has 0 bridgehead atoms. The fourth-order valence-electron chi connectivity index (χ4n) is 3.18. The highest BCUT2D eigenvalue weighted by molar-refractivity contribution is 5.90. The lowest BCUT2D eigenvalue weighted by Gasteiger charge is -2.12. The van der Waals surface area contributed by atoms with Gasteiger partial charge in [0.2, 0.25) is 0 Å². The van der Waals surface area contributed by atoms with Crippen LogP contribution in [-0.2, 0) is 0 Å². The molecular formula is C19H19N5O. The molecule has 0 radical (unpaired) electrons. The standard InChI is InChI=1S/C19H19N5O/c25-19(22-15-5-1-2-6-15)24-18-8-7-16-17(23-18)10-14(12-21-16)13-4-3-9-20-11-13/h3-4,7-12,15H,1-2,5-6H2,(H2,22,23,24,25). The zero-order valence-corrected chi connectivity index (χ0v) is 13.8. The Kier molecular flexibility index (Phi) is 4.24. The van der Waals surface area contributed by atoms with E-state index >= 15 is 0 Å². The molecule has 0 aromatic carbocycles. The third kappa shape index (κ3) is 3.57. The molecule has 0 saturated heterocycles. The van der Waals surface area contributed by atoms with Crippen LogP contribution in [0.25, 0.3) is 22.2 Å². The van der Waals surface area contributed by atoms with Crippen molar-refractivity contribution in [1.29, 1.82) is 0 Å². The highest BCUT2D eigenvalue weighted by Gasteiger charge is 2.17. The zero-order valence-electron chi connectivity index (χ0n) is 13.8. The molecule has 3 heterocycles. The Balaban J connectivity index is 1.55. The molecule has 0 atom stereocenters. The lowest BCUT2D eigenvalue weighted by molar-refractivity contribution is 0.248. The van der Waals surface area contributed by atoms with Gasteiger partial charge in [-0.15, -0.1) is 0 Å². The van der Waals surface area contributed by atoms with Gasteiger partial charge in [0.1, 0.15) is 5.82 Å². The molecule has 2 N–H and O–H groups in total. The number of anilines is 1. The molecule has 4 rings (SSSR count). The SMILES string of the molecule is O=C(Nc1ccc2ncc(-c3cccnc3)cc2n1)NC1CCCC1. The Morgan fingerprint density at radius 3 is 2.72 bits per heavy atom. The summed E-state index contributed by atoms with van der Waals surface area (Å²) in [5.74, 6) is 0.521. The number of amides is 2. The second kappa shape index (κ2) is 6.84. The zero-order chi connectivity index (χ0) is 17.1. The largest absolute Gasteiger partial charge is 0.335 e. The van der Waals surface area contributed by atoms with Gasteiger partial charge in [0.15, 0.2) is 0 Å². The second-order valence-corrected chi connectivity index (χ2v) is 6.28. The van der Waals surface area contributed by atoms with Crippen molar-refractivity contribution in [2.24, 2.45) is 0 Å². The highest BCUT2D eigenvalue weighted by Crippen LogP contribution is 2.22. The van der Waals surface area contributed by atoms with Crippen LogP contribution in [-0.4, -0.2) is 27.0 Å². The summed E-state index contributed by atoms with van der Waals surface area (Å²) in [5.41, 5.74) is 3.45. The third-order valence-electron chi connectivity index (χ3n) is 4.46. The Morgan fingerprint density at radius 1 is 1.04 bits per heavy atom. The summed E-state index contributed by atoms with van der Waals surface area (Å²) in [6.45, 7) is 0. The van der Waals surface area contributed by atoms with Gasteiger partial charge in [-0.3, -0.25) is 15.3 Å². The minimum absolute atomic E-state index is 0.199. The van der Waals surface area contributed by atoms with Gasteiger partial charge in [0, 0.05) is 35.8 Å². The lowest BCUT2D eigenvalue weighted by Crippen LogP contribution is -2.36. The van der Waals surface area contributed by atoms with Gasteiger partial charge in [-0.2, -0.15) is 0 Å². The van der Waals surface area contributed by atoms with E-state index in [4.69, 9.17) is 0 Å². The van der Waals surface area contributed by atoms with E-state index in [-0.39, 0.29) is 12.1 Å². The smallest absolute Gasteiger partial charge is 0.320 e. The van der Waals surface area contributed by atoms with E-state index in [1.54, 1.807) is 24.7 Å². The molecule has 1 saturated carbocycles. The molecule has 1 aliphatic carbocycles. The van der Waals surface area contributed by atoms with Gasteiger partial charge in [0.05, 0.1) is 11.0 Å². The van der Waals surface area contributed by atoms with E-state index in [1.807, 2.05) is 24.3 Å². The van der Waals surface area contributed by atoms with Crippen molar-refractivity contribution < 1.29 is 4.79 Å². The van der Waals surface area contributed by atoms with Crippen LogP contribution >= 0.6 is 0 Å². The maximum Gasteiger partial charge on any atom is 0.320 e. The molecule has 0 spiro atoms. The summed E-state index contributed by atoms with van der Waals surface area (Å²) in [7, 11) is 0. The van der Waals surface area contributed by atoms with Crippen molar-refractivity contribution in [3.8, 4) is 11.1 Å². The van der Waals surface area contributed by atoms with Crippen LogP contribution in [0.5, 0.6) is 0 Å². The van der Waals surface area contributed by atoms with Gasteiger partial charge in [-0.05, 0) is 37.1 Å². The van der Waals surface area contributed by atoms with Crippen LogP contribution in [0.15, 0.2) is 48.9 Å². The first-order chi connectivity index (χ1) is 12.3. The van der Waals surface area contributed by atoms with Crippen LogP contribution in [0.2, 0.25) is 0 Å². The van der Waals surface area contributed by atoms with Gasteiger partial charge in [-0.1, -0.05) is 18.9 Å². The third-order valence-corrected chi connectivity index (χ3v) is 4.46. The van der Waals surface area contributed by atoms with Gasteiger partial charge in [-0.25, -0.2) is 9.78 Å². The van der Waals surface area contributed by atoms with Crippen LogP contribution in [0.1, 0.15) is 25.7 Å². The summed E-state index contributed by atoms with van der Waals surface area (Å²) < 4.78 is 0. The van der Waals surface area contributed by atoms with E-state index in [2.05, 4.69) is 25.6 Å². The molecule has 0 unspecified atom stereocenters. The predicted molar refractivity (Wildman–Crippen MR) is 97.2 cm³/mol. The van der Waals surface area contributed by atoms with E-state index in [0.29, 0.717) is 5.82 Å². The number of rotatable bonds is 3. The Labute approximate surface area is 145 Å². The topological polar surface area (TPSA) is 79.8 Å². The average molecular weight is 333 g/mol. The van der Waals surface area contributed by atoms with E-state index in [1.165, 1.54) is 12.8 Å². The molecule has 6 heteroatoms. The van der Waals surface area contributed by atoms with Crippen molar-refractivity contribution in [2.45, 2.75) is 31.7 Å². The van der Waals surface area contributed by atoms with E-state index in [0.717, 1.165) is 35.0 Å². The van der Waals surface area contributed by atoms with Crippen LogP contribution in [0.4, 0.5) is 10.6 Å². The molecule has 126 valence electrons. The number of hydrogen-bond donors (Lipinski definition) is 2. The van der Waals surface area contributed by atoms with Crippen LogP contribution in [0.3, 0.4) is 0 Å². The lowest BCUT2D eigenvalue weighted by atomic mass is 10.1. The number of urea groups is 1. The maximum absolute atomic E-state index is 12.1. The van der Waals surface area contributed by atoms with Crippen molar-refractivity contribution in [2.75, 3.05) is 5.32 Å². The van der Waals surface area contributed by atoms with Gasteiger partial charge >= 0.3 is 6.03 Å². The number of carbonyl (C=O) groups is 1. The van der Waals surface area contributed by atoms with Crippen molar-refractivity contribution in [3.05, 3.63) is 48.9 Å². The number of carbonyl (C=O) groups excluding carboxylic acids is 1.